The molecule has 1 aliphatic heterocycles. The Hall–Kier alpha value is 0.150. The van der Waals surface area contributed by atoms with E-state index in [9.17, 15) is 15.3 Å². The van der Waals surface area contributed by atoms with E-state index >= 15 is 0 Å². The van der Waals surface area contributed by atoms with Gasteiger partial charge in [-0.15, -0.1) is 11.8 Å². The van der Waals surface area contributed by atoms with Crippen molar-refractivity contribution in [2.75, 3.05) is 5.88 Å². The van der Waals surface area contributed by atoms with E-state index in [1.807, 2.05) is 0 Å². The summed E-state index contributed by atoms with van der Waals surface area (Å²) >= 11 is 1.20. The van der Waals surface area contributed by atoms with Crippen molar-refractivity contribution in [3.63, 3.8) is 0 Å². The van der Waals surface area contributed by atoms with E-state index < -0.39 is 29.9 Å². The van der Waals surface area contributed by atoms with Crippen LogP contribution in [-0.4, -0.2) is 51.0 Å². The van der Waals surface area contributed by atoms with Crippen LogP contribution >= 0.6 is 11.8 Å². The van der Waals surface area contributed by atoms with E-state index in [-0.39, 0.29) is 0 Å². The number of aliphatic hydroxyl groups excluding tert-OH is 3. The molecule has 0 unspecified atom stereocenters. The third-order valence-corrected chi connectivity index (χ3v) is 2.98. The lowest BCUT2D eigenvalue weighted by atomic mass is 10.0. The summed E-state index contributed by atoms with van der Waals surface area (Å²) in [6, 6.07) is 0. The smallest absolute Gasteiger partial charge is 0.133 e. The lowest BCUT2D eigenvalue weighted by molar-refractivity contribution is -0.192. The second kappa shape index (κ2) is 4.59. The summed E-state index contributed by atoms with van der Waals surface area (Å²) in [6.07, 6.45) is -3.76. The molecule has 0 spiro atoms. The van der Waals surface area contributed by atoms with E-state index in [0.717, 1.165) is 0 Å². The van der Waals surface area contributed by atoms with Gasteiger partial charge in [-0.05, 0) is 6.92 Å². The van der Waals surface area contributed by atoms with Crippen molar-refractivity contribution < 1.29 is 20.1 Å². The molecule has 1 aliphatic rings. The van der Waals surface area contributed by atoms with Gasteiger partial charge < -0.3 is 25.8 Å². The average molecular weight is 209 g/mol. The molecule has 13 heavy (non-hydrogen) atoms. The maximum absolute atomic E-state index is 9.45. The first-order chi connectivity index (χ1) is 6.07. The fraction of sp³-hybridized carbons (Fsp3) is 1.00. The van der Waals surface area contributed by atoms with Gasteiger partial charge in [-0.3, -0.25) is 0 Å². The minimum Gasteiger partial charge on any atom is -0.388 e. The van der Waals surface area contributed by atoms with Gasteiger partial charge in [-0.2, -0.15) is 0 Å². The van der Waals surface area contributed by atoms with Crippen LogP contribution in [-0.2, 0) is 4.74 Å². The second-order valence-corrected chi connectivity index (χ2v) is 4.15. The SMILES string of the molecule is C[C@@H]1O[C@@H](SCN)[C@@H](O)[C@H](O)[C@@H]1O. The molecular weight excluding hydrogens is 194 g/mol. The first kappa shape index (κ1) is 11.2. The largest absolute Gasteiger partial charge is 0.388 e. The minimum absolute atomic E-state index is 0.303. The van der Waals surface area contributed by atoms with Gasteiger partial charge >= 0.3 is 0 Å². The molecule has 1 saturated heterocycles. The van der Waals surface area contributed by atoms with Crippen molar-refractivity contribution in [1.29, 1.82) is 0 Å². The van der Waals surface area contributed by atoms with Crippen LogP contribution in [0.5, 0.6) is 0 Å². The van der Waals surface area contributed by atoms with Gasteiger partial charge in [0.2, 0.25) is 0 Å². The average Bonchev–Trinajstić information content (AvgIpc) is 2.11. The third-order valence-electron chi connectivity index (χ3n) is 2.07. The first-order valence-electron chi connectivity index (χ1n) is 4.09. The number of aliphatic hydroxyl groups is 3. The van der Waals surface area contributed by atoms with E-state index in [0.29, 0.717) is 5.88 Å². The summed E-state index contributed by atoms with van der Waals surface area (Å²) in [5.41, 5.74) is 4.72. The Morgan fingerprint density at radius 3 is 2.38 bits per heavy atom. The molecule has 1 heterocycles. The van der Waals surface area contributed by atoms with Crippen LogP contribution < -0.4 is 5.73 Å². The number of rotatable bonds is 2. The van der Waals surface area contributed by atoms with Gasteiger partial charge in [0, 0.05) is 5.88 Å². The highest BCUT2D eigenvalue weighted by molar-refractivity contribution is 7.99. The molecule has 5 N–H and O–H groups in total. The Balaban J connectivity index is 2.59. The van der Waals surface area contributed by atoms with Crippen LogP contribution in [0.4, 0.5) is 0 Å². The predicted molar refractivity (Wildman–Crippen MR) is 49.0 cm³/mol. The Kier molecular flexibility index (Phi) is 3.96. The molecule has 1 fully saturated rings. The molecular formula is C7H15NO4S. The molecule has 0 saturated carbocycles. The molecule has 0 aromatic carbocycles. The Morgan fingerprint density at radius 2 is 1.85 bits per heavy atom. The molecule has 1 rings (SSSR count). The van der Waals surface area contributed by atoms with Crippen molar-refractivity contribution in [3.8, 4) is 0 Å². The highest BCUT2D eigenvalue weighted by Gasteiger charge is 2.41. The maximum atomic E-state index is 9.45. The summed E-state index contributed by atoms with van der Waals surface area (Å²) in [6.45, 7) is 1.64. The first-order valence-corrected chi connectivity index (χ1v) is 5.14. The quantitative estimate of drug-likeness (QED) is 0.412. The molecule has 6 heteroatoms. The number of hydrogen-bond donors (Lipinski definition) is 4. The van der Waals surface area contributed by atoms with Gasteiger partial charge in [0.1, 0.15) is 23.7 Å². The van der Waals surface area contributed by atoms with Crippen molar-refractivity contribution in [3.05, 3.63) is 0 Å². The number of ether oxygens (including phenoxy) is 1. The maximum Gasteiger partial charge on any atom is 0.133 e. The van der Waals surface area contributed by atoms with Gasteiger partial charge in [-0.1, -0.05) is 0 Å². The van der Waals surface area contributed by atoms with E-state index in [1.54, 1.807) is 6.92 Å². The lowest BCUT2D eigenvalue weighted by Gasteiger charge is -2.38. The molecule has 0 aliphatic carbocycles. The zero-order valence-corrected chi connectivity index (χ0v) is 8.15. The van der Waals surface area contributed by atoms with Crippen LogP contribution in [0.1, 0.15) is 6.92 Å². The molecule has 0 aromatic rings. The summed E-state index contributed by atoms with van der Waals surface area (Å²) in [5.74, 6) is 0.303. The van der Waals surface area contributed by atoms with Crippen LogP contribution in [0.2, 0.25) is 0 Å². The molecule has 0 bridgehead atoms. The zero-order valence-electron chi connectivity index (χ0n) is 7.33. The van der Waals surface area contributed by atoms with Crippen molar-refractivity contribution in [2.45, 2.75) is 36.8 Å². The van der Waals surface area contributed by atoms with Crippen molar-refractivity contribution in [1.82, 2.24) is 0 Å². The van der Waals surface area contributed by atoms with Crippen LogP contribution in [0.25, 0.3) is 0 Å². The molecule has 0 amide bonds. The van der Waals surface area contributed by atoms with Crippen LogP contribution in [0.3, 0.4) is 0 Å². The Bertz CT molecular complexity index is 171. The number of nitrogens with two attached hydrogens (primary N) is 1. The second-order valence-electron chi connectivity index (χ2n) is 3.01. The van der Waals surface area contributed by atoms with Crippen molar-refractivity contribution >= 4 is 11.8 Å². The Morgan fingerprint density at radius 1 is 1.23 bits per heavy atom. The minimum atomic E-state index is -1.16. The van der Waals surface area contributed by atoms with E-state index in [2.05, 4.69) is 0 Å². The molecule has 5 nitrogen and oxygen atoms in total. The summed E-state index contributed by atoms with van der Waals surface area (Å²) in [7, 11) is 0. The lowest BCUT2D eigenvalue weighted by Crippen LogP contribution is -2.55. The molecule has 0 radical (unpaired) electrons. The topological polar surface area (TPSA) is 95.9 Å². The summed E-state index contributed by atoms with van der Waals surface area (Å²) < 4.78 is 5.24. The summed E-state index contributed by atoms with van der Waals surface area (Å²) in [4.78, 5) is 0. The molecule has 0 aromatic heterocycles. The van der Waals surface area contributed by atoms with Gasteiger partial charge in [-0.25, -0.2) is 0 Å². The van der Waals surface area contributed by atoms with Crippen molar-refractivity contribution in [2.24, 2.45) is 5.73 Å². The molecule has 78 valence electrons. The highest BCUT2D eigenvalue weighted by Crippen LogP contribution is 2.27. The van der Waals surface area contributed by atoms with Crippen LogP contribution in [0.15, 0.2) is 0 Å². The fourth-order valence-corrected chi connectivity index (χ4v) is 2.05. The normalized spacial score (nSPS) is 46.4. The third kappa shape index (κ3) is 2.34. The van der Waals surface area contributed by atoms with E-state index in [4.69, 9.17) is 10.5 Å². The van der Waals surface area contributed by atoms with Gasteiger partial charge in [0.05, 0.1) is 6.10 Å². The fourth-order valence-electron chi connectivity index (χ4n) is 1.25. The molecule has 5 atom stereocenters. The zero-order chi connectivity index (χ0) is 10.0. The van der Waals surface area contributed by atoms with Gasteiger partial charge in [0.25, 0.3) is 0 Å². The standard InChI is InChI=1S/C7H15NO4S/c1-3-4(9)5(10)6(11)7(12-3)13-2-8/h3-7,9-11H,2,8H2,1H3/t3-,4+,5+,6-,7-/m0/s1. The van der Waals surface area contributed by atoms with Crippen LogP contribution in [0, 0.1) is 0 Å². The monoisotopic (exact) mass is 209 g/mol. The number of hydrogen-bond acceptors (Lipinski definition) is 6. The summed E-state index contributed by atoms with van der Waals surface area (Å²) in [5, 5.41) is 28.2. The number of thioether (sulfide) groups is 1. The highest BCUT2D eigenvalue weighted by atomic mass is 32.2. The Labute approximate surface area is 80.9 Å². The predicted octanol–water partition coefficient (Wildman–Crippen LogP) is -1.54. The van der Waals surface area contributed by atoms with Gasteiger partial charge in [0.15, 0.2) is 0 Å². The van der Waals surface area contributed by atoms with E-state index in [1.165, 1.54) is 11.8 Å².